The molecule has 0 atom stereocenters. The Morgan fingerprint density at radius 3 is 2.40 bits per heavy atom. The SMILES string of the molecule is Cc1ccc([N+](=O)[O-])cc1S(=O)(=O)NCC1(c2ccccc2)CCC1. The molecule has 2 aromatic carbocycles. The van der Waals surface area contributed by atoms with E-state index in [0.717, 1.165) is 30.9 Å². The fraction of sp³-hybridized carbons (Fsp3) is 0.333. The van der Waals surface area contributed by atoms with E-state index in [1.54, 1.807) is 6.92 Å². The number of nitro benzene ring substituents is 1. The van der Waals surface area contributed by atoms with Crippen LogP contribution in [-0.4, -0.2) is 19.9 Å². The lowest BCUT2D eigenvalue weighted by molar-refractivity contribution is -0.385. The van der Waals surface area contributed by atoms with E-state index in [1.165, 1.54) is 12.1 Å². The zero-order valence-corrected chi connectivity index (χ0v) is 14.8. The molecule has 132 valence electrons. The standard InChI is InChI=1S/C18H20N2O4S/c1-14-8-9-16(20(21)22)12-17(14)25(23,24)19-13-18(10-5-11-18)15-6-3-2-4-7-15/h2-4,6-9,12,19H,5,10-11,13H2,1H3. The van der Waals surface area contributed by atoms with E-state index in [-0.39, 0.29) is 16.0 Å². The van der Waals surface area contributed by atoms with Crippen molar-refractivity contribution in [3.8, 4) is 0 Å². The lowest BCUT2D eigenvalue weighted by atomic mass is 9.64. The summed E-state index contributed by atoms with van der Waals surface area (Å²) in [6.07, 6.45) is 2.91. The topological polar surface area (TPSA) is 89.3 Å². The van der Waals surface area contributed by atoms with Gasteiger partial charge in [-0.05, 0) is 30.9 Å². The Morgan fingerprint density at radius 2 is 1.84 bits per heavy atom. The van der Waals surface area contributed by atoms with E-state index in [2.05, 4.69) is 4.72 Å². The van der Waals surface area contributed by atoms with Gasteiger partial charge in [-0.25, -0.2) is 13.1 Å². The minimum Gasteiger partial charge on any atom is -0.258 e. The van der Waals surface area contributed by atoms with Crippen molar-refractivity contribution in [3.05, 3.63) is 69.8 Å². The second-order valence-corrected chi connectivity index (χ2v) is 8.27. The first-order valence-electron chi connectivity index (χ1n) is 8.14. The number of benzene rings is 2. The molecule has 0 spiro atoms. The minimum absolute atomic E-state index is 0.0377. The number of nitrogens with zero attached hydrogens (tertiary/aromatic N) is 1. The van der Waals surface area contributed by atoms with Crippen LogP contribution in [0.3, 0.4) is 0 Å². The summed E-state index contributed by atoms with van der Waals surface area (Å²) in [6, 6.07) is 13.8. The fourth-order valence-electron chi connectivity index (χ4n) is 3.27. The van der Waals surface area contributed by atoms with Crippen LogP contribution in [0.15, 0.2) is 53.4 Å². The molecule has 1 N–H and O–H groups in total. The molecule has 25 heavy (non-hydrogen) atoms. The summed E-state index contributed by atoms with van der Waals surface area (Å²) in [5, 5.41) is 10.9. The molecule has 3 rings (SSSR count). The number of nitro groups is 1. The molecule has 0 amide bonds. The van der Waals surface area contributed by atoms with Gasteiger partial charge in [-0.2, -0.15) is 0 Å². The Labute approximate surface area is 147 Å². The van der Waals surface area contributed by atoms with Gasteiger partial charge in [0.25, 0.3) is 5.69 Å². The predicted octanol–water partition coefficient (Wildman–Crippen LogP) is 3.30. The van der Waals surface area contributed by atoms with Crippen LogP contribution in [-0.2, 0) is 15.4 Å². The van der Waals surface area contributed by atoms with Crippen molar-refractivity contribution < 1.29 is 13.3 Å². The number of hydrogen-bond acceptors (Lipinski definition) is 4. The van der Waals surface area contributed by atoms with Gasteiger partial charge >= 0.3 is 0 Å². The van der Waals surface area contributed by atoms with Gasteiger partial charge in [0.2, 0.25) is 10.0 Å². The third-order valence-electron chi connectivity index (χ3n) is 4.97. The Kier molecular flexibility index (Phi) is 4.62. The Hall–Kier alpha value is -2.25. The number of rotatable bonds is 6. The highest BCUT2D eigenvalue weighted by atomic mass is 32.2. The van der Waals surface area contributed by atoms with Crippen LogP contribution in [0.1, 0.15) is 30.4 Å². The summed E-state index contributed by atoms with van der Waals surface area (Å²) in [5.41, 5.74) is 1.19. The van der Waals surface area contributed by atoms with Crippen LogP contribution in [0.5, 0.6) is 0 Å². The van der Waals surface area contributed by atoms with Crippen molar-refractivity contribution in [2.45, 2.75) is 36.5 Å². The van der Waals surface area contributed by atoms with E-state index in [4.69, 9.17) is 0 Å². The van der Waals surface area contributed by atoms with Crippen LogP contribution in [0.2, 0.25) is 0 Å². The highest BCUT2D eigenvalue weighted by Gasteiger charge is 2.39. The largest absolute Gasteiger partial charge is 0.270 e. The van der Waals surface area contributed by atoms with Crippen LogP contribution in [0.25, 0.3) is 0 Å². The first-order chi connectivity index (χ1) is 11.8. The molecular formula is C18H20N2O4S. The van der Waals surface area contributed by atoms with Crippen LogP contribution >= 0.6 is 0 Å². The van der Waals surface area contributed by atoms with Crippen molar-refractivity contribution in [3.63, 3.8) is 0 Å². The van der Waals surface area contributed by atoms with Gasteiger partial charge in [-0.3, -0.25) is 10.1 Å². The highest BCUT2D eigenvalue weighted by molar-refractivity contribution is 7.89. The fourth-order valence-corrected chi connectivity index (χ4v) is 4.66. The summed E-state index contributed by atoms with van der Waals surface area (Å²) in [6.45, 7) is 1.93. The third kappa shape index (κ3) is 3.43. The van der Waals surface area contributed by atoms with E-state index in [9.17, 15) is 18.5 Å². The van der Waals surface area contributed by atoms with E-state index < -0.39 is 14.9 Å². The molecule has 0 aromatic heterocycles. The van der Waals surface area contributed by atoms with Gasteiger partial charge < -0.3 is 0 Å². The number of aryl methyl sites for hydroxylation is 1. The van der Waals surface area contributed by atoms with E-state index >= 15 is 0 Å². The lowest BCUT2D eigenvalue weighted by Crippen LogP contribution is -2.45. The Balaban J connectivity index is 1.85. The summed E-state index contributed by atoms with van der Waals surface area (Å²) in [4.78, 5) is 10.3. The zero-order chi connectivity index (χ0) is 18.1. The molecule has 0 bridgehead atoms. The number of non-ortho nitro benzene ring substituents is 1. The first kappa shape index (κ1) is 17.6. The quantitative estimate of drug-likeness (QED) is 0.632. The molecule has 0 saturated heterocycles. The molecule has 0 heterocycles. The average molecular weight is 360 g/mol. The smallest absolute Gasteiger partial charge is 0.258 e. The summed E-state index contributed by atoms with van der Waals surface area (Å²) >= 11 is 0. The maximum Gasteiger partial charge on any atom is 0.270 e. The highest BCUT2D eigenvalue weighted by Crippen LogP contribution is 2.43. The van der Waals surface area contributed by atoms with Crippen LogP contribution in [0.4, 0.5) is 5.69 Å². The van der Waals surface area contributed by atoms with Gasteiger partial charge in [0.15, 0.2) is 0 Å². The molecule has 1 fully saturated rings. The van der Waals surface area contributed by atoms with Gasteiger partial charge in [0.05, 0.1) is 9.82 Å². The summed E-state index contributed by atoms with van der Waals surface area (Å²) < 4.78 is 28.1. The van der Waals surface area contributed by atoms with Gasteiger partial charge in [-0.1, -0.05) is 42.8 Å². The number of hydrogen-bond donors (Lipinski definition) is 1. The molecule has 6 nitrogen and oxygen atoms in total. The molecule has 0 aliphatic heterocycles. The van der Waals surface area contributed by atoms with Crippen LogP contribution < -0.4 is 4.72 Å². The lowest BCUT2D eigenvalue weighted by Gasteiger charge is -2.42. The van der Waals surface area contributed by atoms with Crippen molar-refractivity contribution in [1.29, 1.82) is 0 Å². The van der Waals surface area contributed by atoms with Crippen molar-refractivity contribution >= 4 is 15.7 Å². The Morgan fingerprint density at radius 1 is 1.16 bits per heavy atom. The van der Waals surface area contributed by atoms with Gasteiger partial charge in [0.1, 0.15) is 0 Å². The molecule has 1 aliphatic rings. The molecule has 1 aliphatic carbocycles. The average Bonchev–Trinajstić information content (AvgIpc) is 2.54. The number of nitrogens with one attached hydrogen (secondary N) is 1. The zero-order valence-electron chi connectivity index (χ0n) is 13.9. The molecule has 7 heteroatoms. The van der Waals surface area contributed by atoms with Crippen LogP contribution in [0, 0.1) is 17.0 Å². The second-order valence-electron chi connectivity index (χ2n) is 6.53. The van der Waals surface area contributed by atoms with E-state index in [0.29, 0.717) is 12.1 Å². The monoisotopic (exact) mass is 360 g/mol. The Bertz CT molecular complexity index is 891. The normalized spacial score (nSPS) is 16.2. The maximum absolute atomic E-state index is 12.7. The molecule has 1 saturated carbocycles. The van der Waals surface area contributed by atoms with Crippen molar-refractivity contribution in [2.75, 3.05) is 6.54 Å². The molecular weight excluding hydrogens is 340 g/mol. The van der Waals surface area contributed by atoms with Crippen molar-refractivity contribution in [1.82, 2.24) is 4.72 Å². The van der Waals surface area contributed by atoms with E-state index in [1.807, 2.05) is 30.3 Å². The summed E-state index contributed by atoms with van der Waals surface area (Å²) in [7, 11) is -3.82. The minimum atomic E-state index is -3.82. The number of sulfonamides is 1. The molecule has 0 unspecified atom stereocenters. The third-order valence-corrected chi connectivity index (χ3v) is 6.51. The predicted molar refractivity (Wildman–Crippen MR) is 95.0 cm³/mol. The van der Waals surface area contributed by atoms with Gasteiger partial charge in [0, 0.05) is 24.1 Å². The second kappa shape index (κ2) is 6.57. The van der Waals surface area contributed by atoms with Gasteiger partial charge in [-0.15, -0.1) is 0 Å². The van der Waals surface area contributed by atoms with Crippen molar-refractivity contribution in [2.24, 2.45) is 0 Å². The molecule has 2 aromatic rings. The molecule has 0 radical (unpaired) electrons. The maximum atomic E-state index is 12.7. The first-order valence-corrected chi connectivity index (χ1v) is 9.63. The summed E-state index contributed by atoms with van der Waals surface area (Å²) in [5.74, 6) is 0.